The molecule has 0 aromatic heterocycles. The first-order valence-electron chi connectivity index (χ1n) is 9.72. The van der Waals surface area contributed by atoms with Crippen LogP contribution in [-0.2, 0) is 0 Å². The number of aliphatic hydroxyl groups is 2. The average molecular weight is 316 g/mol. The maximum Gasteiger partial charge on any atom is 0.130 e. The van der Waals surface area contributed by atoms with Gasteiger partial charge in [0.15, 0.2) is 0 Å². The normalized spacial score (nSPS) is 58.7. The molecule has 4 rings (SSSR count). The molecule has 23 heavy (non-hydrogen) atoms. The van der Waals surface area contributed by atoms with Crippen LogP contribution in [0.3, 0.4) is 0 Å². The molecule has 0 amide bonds. The third kappa shape index (κ3) is 1.96. The Morgan fingerprint density at radius 3 is 2.43 bits per heavy atom. The zero-order valence-corrected chi connectivity index (χ0v) is 14.7. The molecule has 4 fully saturated rings. The van der Waals surface area contributed by atoms with E-state index in [0.717, 1.165) is 43.9 Å². The monoisotopic (exact) mass is 316 g/mol. The summed E-state index contributed by atoms with van der Waals surface area (Å²) in [5.41, 5.74) is -0.566. The van der Waals surface area contributed by atoms with Gasteiger partial charge in [-0.3, -0.25) is 0 Å². The summed E-state index contributed by atoms with van der Waals surface area (Å²) >= 11 is 0. The van der Waals surface area contributed by atoms with Crippen molar-refractivity contribution in [1.29, 1.82) is 0 Å². The Kier molecular flexibility index (Phi) is 3.47. The Balaban J connectivity index is 1.65. The summed E-state index contributed by atoms with van der Waals surface area (Å²) < 4.78 is 0. The third-order valence-electron chi connectivity index (χ3n) is 9.03. The molecule has 0 spiro atoms. The predicted molar refractivity (Wildman–Crippen MR) is 91.5 cm³/mol. The molecule has 0 unspecified atom stereocenters. The maximum atomic E-state index is 11.0. The van der Waals surface area contributed by atoms with E-state index in [1.54, 1.807) is 0 Å². The van der Waals surface area contributed by atoms with Crippen molar-refractivity contribution in [3.63, 3.8) is 0 Å². The molecule has 2 N–H and O–H groups in total. The highest BCUT2D eigenvalue weighted by molar-refractivity contribution is 5.23. The van der Waals surface area contributed by atoms with Crippen LogP contribution in [0.4, 0.5) is 0 Å². The summed E-state index contributed by atoms with van der Waals surface area (Å²) in [5, 5.41) is 21.1. The van der Waals surface area contributed by atoms with Crippen LogP contribution >= 0.6 is 0 Å². The van der Waals surface area contributed by atoms with E-state index in [1.165, 1.54) is 25.7 Å². The van der Waals surface area contributed by atoms with Gasteiger partial charge in [0, 0.05) is 5.41 Å². The quantitative estimate of drug-likeness (QED) is 0.668. The predicted octanol–water partition coefficient (Wildman–Crippen LogP) is 3.75. The van der Waals surface area contributed by atoms with Gasteiger partial charge >= 0.3 is 0 Å². The van der Waals surface area contributed by atoms with Gasteiger partial charge in [0.1, 0.15) is 5.60 Å². The van der Waals surface area contributed by atoms with Crippen LogP contribution in [0.25, 0.3) is 0 Å². The van der Waals surface area contributed by atoms with Crippen LogP contribution in [0.2, 0.25) is 0 Å². The van der Waals surface area contributed by atoms with E-state index in [9.17, 15) is 10.2 Å². The van der Waals surface area contributed by atoms with Crippen LogP contribution in [0, 0.1) is 46.8 Å². The van der Waals surface area contributed by atoms with Crippen molar-refractivity contribution in [2.75, 3.05) is 0 Å². The summed E-state index contributed by atoms with van der Waals surface area (Å²) in [6.45, 7) is 4.77. The molecule has 0 bridgehead atoms. The second-order valence-corrected chi connectivity index (χ2v) is 9.58. The fourth-order valence-corrected chi connectivity index (χ4v) is 7.49. The number of hydrogen-bond donors (Lipinski definition) is 2. The second kappa shape index (κ2) is 4.99. The van der Waals surface area contributed by atoms with Gasteiger partial charge in [0.05, 0.1) is 6.10 Å². The average Bonchev–Trinajstić information content (AvgIpc) is 2.80. The van der Waals surface area contributed by atoms with E-state index in [1.807, 2.05) is 0 Å². The Morgan fingerprint density at radius 2 is 1.70 bits per heavy atom. The van der Waals surface area contributed by atoms with Crippen molar-refractivity contribution in [2.24, 2.45) is 34.5 Å². The van der Waals surface area contributed by atoms with Gasteiger partial charge in [0.25, 0.3) is 0 Å². The fourth-order valence-electron chi connectivity index (χ4n) is 7.49. The highest BCUT2D eigenvalue weighted by atomic mass is 16.3. The molecule has 4 aliphatic carbocycles. The topological polar surface area (TPSA) is 40.5 Å². The van der Waals surface area contributed by atoms with E-state index in [2.05, 4.69) is 19.8 Å². The molecule has 0 aromatic rings. The highest BCUT2D eigenvalue weighted by Gasteiger charge is 2.64. The standard InChI is InChI=1S/C21H32O2/c1-4-21(23)12-9-18-16-6-5-14-13-15(22)7-10-19(14,2)17(16)8-11-20(18,21)3/h1,14-18,22-23H,5-13H2,2-3H3/t14-,15-,16-,17+,18-,19+,20+,21+/m1/s1. The molecule has 0 saturated heterocycles. The van der Waals surface area contributed by atoms with Crippen molar-refractivity contribution >= 4 is 0 Å². The summed E-state index contributed by atoms with van der Waals surface area (Å²) in [7, 11) is 0. The number of rotatable bonds is 0. The maximum absolute atomic E-state index is 11.0. The molecule has 4 saturated carbocycles. The molecule has 4 aliphatic rings. The van der Waals surface area contributed by atoms with Crippen molar-refractivity contribution in [3.05, 3.63) is 0 Å². The minimum atomic E-state index is -0.886. The molecule has 0 aliphatic heterocycles. The van der Waals surface area contributed by atoms with Crippen molar-refractivity contribution < 1.29 is 10.2 Å². The zero-order valence-electron chi connectivity index (χ0n) is 14.7. The third-order valence-corrected chi connectivity index (χ3v) is 9.03. The first-order chi connectivity index (χ1) is 10.8. The van der Waals surface area contributed by atoms with Gasteiger partial charge in [0.2, 0.25) is 0 Å². The van der Waals surface area contributed by atoms with E-state index in [-0.39, 0.29) is 11.5 Å². The largest absolute Gasteiger partial charge is 0.393 e. The molecule has 0 aromatic carbocycles. The first kappa shape index (κ1) is 16.0. The van der Waals surface area contributed by atoms with Gasteiger partial charge in [-0.15, -0.1) is 6.42 Å². The minimum Gasteiger partial charge on any atom is -0.393 e. The lowest BCUT2D eigenvalue weighted by atomic mass is 9.44. The Hall–Kier alpha value is -0.520. The van der Waals surface area contributed by atoms with Crippen LogP contribution in [0.15, 0.2) is 0 Å². The van der Waals surface area contributed by atoms with Gasteiger partial charge in [-0.05, 0) is 86.9 Å². The second-order valence-electron chi connectivity index (χ2n) is 9.58. The minimum absolute atomic E-state index is 0.0727. The van der Waals surface area contributed by atoms with E-state index >= 15 is 0 Å². The lowest BCUT2D eigenvalue weighted by Crippen LogP contribution is -2.56. The molecule has 0 heterocycles. The fraction of sp³-hybridized carbons (Fsp3) is 0.905. The summed E-state index contributed by atoms with van der Waals surface area (Å²) in [4.78, 5) is 0. The zero-order chi connectivity index (χ0) is 16.5. The van der Waals surface area contributed by atoms with E-state index < -0.39 is 5.60 Å². The SMILES string of the molecule is C#C[C@]1(O)CC[C@@H]2[C@@H]3CC[C@@H]4C[C@H](O)CC[C@]4(C)[C@H]3CC[C@@]21C. The van der Waals surface area contributed by atoms with Crippen molar-refractivity contribution in [2.45, 2.75) is 83.3 Å². The van der Waals surface area contributed by atoms with Crippen LogP contribution in [0.5, 0.6) is 0 Å². The number of hydrogen-bond acceptors (Lipinski definition) is 2. The Morgan fingerprint density at radius 1 is 0.957 bits per heavy atom. The van der Waals surface area contributed by atoms with Gasteiger partial charge in [-0.1, -0.05) is 19.8 Å². The van der Waals surface area contributed by atoms with Crippen LogP contribution < -0.4 is 0 Å². The number of aliphatic hydroxyl groups excluding tert-OH is 1. The van der Waals surface area contributed by atoms with Crippen molar-refractivity contribution in [3.8, 4) is 12.3 Å². The Labute approximate surface area is 141 Å². The lowest BCUT2D eigenvalue weighted by Gasteiger charge is -2.61. The van der Waals surface area contributed by atoms with Crippen molar-refractivity contribution in [1.82, 2.24) is 0 Å². The van der Waals surface area contributed by atoms with E-state index in [4.69, 9.17) is 6.42 Å². The molecule has 2 heteroatoms. The number of terminal acetylenes is 1. The summed E-state index contributed by atoms with van der Waals surface area (Å²) in [5.74, 6) is 5.56. The van der Waals surface area contributed by atoms with Gasteiger partial charge < -0.3 is 10.2 Å². The first-order valence-corrected chi connectivity index (χ1v) is 9.72. The van der Waals surface area contributed by atoms with Gasteiger partial charge in [-0.25, -0.2) is 0 Å². The highest BCUT2D eigenvalue weighted by Crippen LogP contribution is 2.68. The number of fused-ring (bicyclic) bond motifs is 5. The lowest BCUT2D eigenvalue weighted by molar-refractivity contribution is -0.144. The molecule has 8 atom stereocenters. The van der Waals surface area contributed by atoms with Crippen LogP contribution in [-0.4, -0.2) is 21.9 Å². The Bertz CT molecular complexity index is 536. The molecular formula is C21H32O2. The molecule has 128 valence electrons. The molecule has 0 radical (unpaired) electrons. The summed E-state index contributed by atoms with van der Waals surface area (Å²) in [6, 6.07) is 0. The molecule has 2 nitrogen and oxygen atoms in total. The molecular weight excluding hydrogens is 284 g/mol. The van der Waals surface area contributed by atoms with Gasteiger partial charge in [-0.2, -0.15) is 0 Å². The van der Waals surface area contributed by atoms with Crippen LogP contribution in [0.1, 0.15) is 71.6 Å². The van der Waals surface area contributed by atoms with E-state index in [0.29, 0.717) is 17.3 Å². The smallest absolute Gasteiger partial charge is 0.130 e. The summed E-state index contributed by atoms with van der Waals surface area (Å²) in [6.07, 6.45) is 15.6.